The lowest BCUT2D eigenvalue weighted by Crippen LogP contribution is -2.66. The molecule has 0 saturated carbocycles. The third-order valence-corrected chi connectivity index (χ3v) is 3.20. The van der Waals surface area contributed by atoms with Gasteiger partial charge in [0.25, 0.3) is 0 Å². The number of rotatable bonds is 5. The number of aromatic nitrogens is 1. The van der Waals surface area contributed by atoms with E-state index in [0.717, 1.165) is 38.2 Å². The third kappa shape index (κ3) is 2.96. The molecular formula is C13H21N3O. The Morgan fingerprint density at radius 3 is 2.88 bits per heavy atom. The Labute approximate surface area is 103 Å². The second-order valence-electron chi connectivity index (χ2n) is 4.93. The second kappa shape index (κ2) is 5.02. The Morgan fingerprint density at radius 1 is 1.47 bits per heavy atom. The van der Waals surface area contributed by atoms with Crippen molar-refractivity contribution < 1.29 is 4.74 Å². The van der Waals surface area contributed by atoms with Crippen molar-refractivity contribution in [2.75, 3.05) is 20.2 Å². The smallest absolute Gasteiger partial charge is 0.213 e. The summed E-state index contributed by atoms with van der Waals surface area (Å²) in [7, 11) is 1.64. The summed E-state index contributed by atoms with van der Waals surface area (Å²) in [4.78, 5) is 6.73. The molecule has 0 amide bonds. The number of pyridine rings is 1. The fourth-order valence-corrected chi connectivity index (χ4v) is 2.50. The molecule has 4 nitrogen and oxygen atoms in total. The SMILES string of the molecule is CCCC1(N)CN(Cc2cccc(OC)n2)C1. The van der Waals surface area contributed by atoms with E-state index in [4.69, 9.17) is 10.5 Å². The molecule has 2 N–H and O–H groups in total. The molecule has 4 heteroatoms. The van der Waals surface area contributed by atoms with Gasteiger partial charge in [-0.3, -0.25) is 4.90 Å². The maximum absolute atomic E-state index is 6.23. The van der Waals surface area contributed by atoms with Gasteiger partial charge in [0.1, 0.15) is 0 Å². The quantitative estimate of drug-likeness (QED) is 0.838. The molecule has 2 heterocycles. The first kappa shape index (κ1) is 12.3. The second-order valence-corrected chi connectivity index (χ2v) is 4.93. The molecule has 94 valence electrons. The van der Waals surface area contributed by atoms with Crippen molar-refractivity contribution in [1.82, 2.24) is 9.88 Å². The molecule has 0 spiro atoms. The van der Waals surface area contributed by atoms with Crippen molar-refractivity contribution in [3.8, 4) is 5.88 Å². The lowest BCUT2D eigenvalue weighted by molar-refractivity contribution is 0.0555. The van der Waals surface area contributed by atoms with Crippen LogP contribution >= 0.6 is 0 Å². The van der Waals surface area contributed by atoms with Gasteiger partial charge in [0.15, 0.2) is 0 Å². The zero-order valence-corrected chi connectivity index (χ0v) is 10.6. The van der Waals surface area contributed by atoms with Crippen molar-refractivity contribution in [3.05, 3.63) is 23.9 Å². The van der Waals surface area contributed by atoms with Crippen LogP contribution in [0, 0.1) is 0 Å². The predicted octanol–water partition coefficient (Wildman–Crippen LogP) is 1.40. The zero-order chi connectivity index (χ0) is 12.3. The van der Waals surface area contributed by atoms with Gasteiger partial charge in [0.2, 0.25) is 5.88 Å². The monoisotopic (exact) mass is 235 g/mol. The first-order valence-electron chi connectivity index (χ1n) is 6.16. The number of ether oxygens (including phenoxy) is 1. The van der Waals surface area contributed by atoms with Crippen molar-refractivity contribution in [1.29, 1.82) is 0 Å². The Bertz CT molecular complexity index is 375. The molecule has 0 aromatic carbocycles. The van der Waals surface area contributed by atoms with E-state index in [1.807, 2.05) is 18.2 Å². The maximum atomic E-state index is 6.23. The number of methoxy groups -OCH3 is 1. The van der Waals surface area contributed by atoms with Crippen LogP contribution in [0.5, 0.6) is 5.88 Å². The summed E-state index contributed by atoms with van der Waals surface area (Å²) in [5.41, 5.74) is 7.31. The van der Waals surface area contributed by atoms with E-state index in [2.05, 4.69) is 16.8 Å². The molecular weight excluding hydrogens is 214 g/mol. The first-order chi connectivity index (χ1) is 8.15. The molecule has 1 aliphatic heterocycles. The normalized spacial score (nSPS) is 18.8. The summed E-state index contributed by atoms with van der Waals surface area (Å²) < 4.78 is 5.11. The van der Waals surface area contributed by atoms with E-state index in [0.29, 0.717) is 5.88 Å². The minimum atomic E-state index is 0.0353. The van der Waals surface area contributed by atoms with Crippen LogP contribution in [0.25, 0.3) is 0 Å². The maximum Gasteiger partial charge on any atom is 0.213 e. The van der Waals surface area contributed by atoms with Crippen LogP contribution in [0.1, 0.15) is 25.5 Å². The van der Waals surface area contributed by atoms with Gasteiger partial charge in [-0.15, -0.1) is 0 Å². The van der Waals surface area contributed by atoms with Crippen LogP contribution in [0.3, 0.4) is 0 Å². The van der Waals surface area contributed by atoms with Gasteiger partial charge in [0.05, 0.1) is 12.8 Å². The van der Waals surface area contributed by atoms with E-state index in [1.54, 1.807) is 7.11 Å². The fourth-order valence-electron chi connectivity index (χ4n) is 2.50. The summed E-state index contributed by atoms with van der Waals surface area (Å²) in [5, 5.41) is 0. The van der Waals surface area contributed by atoms with Gasteiger partial charge in [-0.05, 0) is 12.5 Å². The minimum absolute atomic E-state index is 0.0353. The highest BCUT2D eigenvalue weighted by Gasteiger charge is 2.38. The molecule has 0 unspecified atom stereocenters. The van der Waals surface area contributed by atoms with E-state index < -0.39 is 0 Å². The van der Waals surface area contributed by atoms with Crippen molar-refractivity contribution >= 4 is 0 Å². The highest BCUT2D eigenvalue weighted by atomic mass is 16.5. The van der Waals surface area contributed by atoms with Crippen molar-refractivity contribution in [2.45, 2.75) is 31.8 Å². The van der Waals surface area contributed by atoms with Gasteiger partial charge in [-0.1, -0.05) is 19.4 Å². The fraction of sp³-hybridized carbons (Fsp3) is 0.615. The van der Waals surface area contributed by atoms with Gasteiger partial charge < -0.3 is 10.5 Å². The first-order valence-corrected chi connectivity index (χ1v) is 6.16. The standard InChI is InChI=1S/C13H21N3O/c1-3-7-13(14)9-16(10-13)8-11-5-4-6-12(15-11)17-2/h4-6H,3,7-10,14H2,1-2H3. The van der Waals surface area contributed by atoms with Crippen LogP contribution in [0.4, 0.5) is 0 Å². The summed E-state index contributed by atoms with van der Waals surface area (Å²) in [5.74, 6) is 0.676. The summed E-state index contributed by atoms with van der Waals surface area (Å²) in [6.07, 6.45) is 2.26. The molecule has 1 saturated heterocycles. The predicted molar refractivity (Wildman–Crippen MR) is 67.9 cm³/mol. The zero-order valence-electron chi connectivity index (χ0n) is 10.6. The molecule has 0 atom stereocenters. The molecule has 0 aliphatic carbocycles. The van der Waals surface area contributed by atoms with E-state index in [1.165, 1.54) is 0 Å². The third-order valence-electron chi connectivity index (χ3n) is 3.20. The molecule has 1 aliphatic rings. The Balaban J connectivity index is 1.87. The number of likely N-dealkylation sites (tertiary alicyclic amines) is 1. The topological polar surface area (TPSA) is 51.4 Å². The number of hydrogen-bond acceptors (Lipinski definition) is 4. The number of nitrogens with zero attached hydrogens (tertiary/aromatic N) is 2. The Kier molecular flexibility index (Phi) is 3.64. The van der Waals surface area contributed by atoms with Gasteiger partial charge >= 0.3 is 0 Å². The van der Waals surface area contributed by atoms with Crippen LogP contribution < -0.4 is 10.5 Å². The molecule has 1 aromatic rings. The largest absolute Gasteiger partial charge is 0.481 e. The average Bonchev–Trinajstić information content (AvgIpc) is 2.28. The van der Waals surface area contributed by atoms with Gasteiger partial charge in [-0.25, -0.2) is 4.98 Å². The molecule has 1 fully saturated rings. The van der Waals surface area contributed by atoms with Crippen molar-refractivity contribution in [3.63, 3.8) is 0 Å². The lowest BCUT2D eigenvalue weighted by Gasteiger charge is -2.47. The summed E-state index contributed by atoms with van der Waals surface area (Å²) >= 11 is 0. The Hall–Kier alpha value is -1.13. The van der Waals surface area contributed by atoms with Crippen molar-refractivity contribution in [2.24, 2.45) is 5.73 Å². The van der Waals surface area contributed by atoms with Crippen LogP contribution in [-0.2, 0) is 6.54 Å². The van der Waals surface area contributed by atoms with E-state index in [-0.39, 0.29) is 5.54 Å². The molecule has 2 rings (SSSR count). The molecule has 0 radical (unpaired) electrons. The van der Waals surface area contributed by atoms with Crippen LogP contribution in [0.15, 0.2) is 18.2 Å². The minimum Gasteiger partial charge on any atom is -0.481 e. The molecule has 1 aromatic heterocycles. The lowest BCUT2D eigenvalue weighted by atomic mass is 9.86. The average molecular weight is 235 g/mol. The number of hydrogen-bond donors (Lipinski definition) is 1. The van der Waals surface area contributed by atoms with Crippen LogP contribution in [-0.4, -0.2) is 35.6 Å². The highest BCUT2D eigenvalue weighted by Crippen LogP contribution is 2.24. The Morgan fingerprint density at radius 2 is 2.24 bits per heavy atom. The highest BCUT2D eigenvalue weighted by molar-refractivity contribution is 5.16. The van der Waals surface area contributed by atoms with E-state index >= 15 is 0 Å². The summed E-state index contributed by atoms with van der Waals surface area (Å²) in [6.45, 7) is 4.99. The van der Waals surface area contributed by atoms with E-state index in [9.17, 15) is 0 Å². The summed E-state index contributed by atoms with van der Waals surface area (Å²) in [6, 6.07) is 5.87. The molecule has 17 heavy (non-hydrogen) atoms. The van der Waals surface area contributed by atoms with Gasteiger partial charge in [0, 0.05) is 31.2 Å². The molecule has 0 bridgehead atoms. The van der Waals surface area contributed by atoms with Gasteiger partial charge in [-0.2, -0.15) is 0 Å². The number of nitrogens with two attached hydrogens (primary N) is 1. The van der Waals surface area contributed by atoms with Crippen LogP contribution in [0.2, 0.25) is 0 Å².